The second-order valence-corrected chi connectivity index (χ2v) is 17.0. The van der Waals surface area contributed by atoms with E-state index in [4.69, 9.17) is 8.83 Å². The third-order valence-electron chi connectivity index (χ3n) is 13.1. The Morgan fingerprint density at radius 2 is 1.19 bits per heavy atom. The van der Waals surface area contributed by atoms with Gasteiger partial charge in [-0.1, -0.05) is 103 Å². The van der Waals surface area contributed by atoms with E-state index < -0.39 is 0 Å². The summed E-state index contributed by atoms with van der Waals surface area (Å²) in [5, 5.41) is 12.2. The first-order valence-electron chi connectivity index (χ1n) is 19.9. The average molecular weight is 755 g/mol. The largest absolute Gasteiger partial charge is 0.456 e. The van der Waals surface area contributed by atoms with Gasteiger partial charge in [0, 0.05) is 75.8 Å². The number of thiophene rings is 1. The summed E-state index contributed by atoms with van der Waals surface area (Å²) in [7, 11) is 0. The molecular weight excluding hydrogens is 727 g/mol. The van der Waals surface area contributed by atoms with Crippen LogP contribution in [-0.2, 0) is 0 Å². The molecule has 15 rings (SSSR count). The van der Waals surface area contributed by atoms with Crippen LogP contribution in [0.4, 0.5) is 17.1 Å². The van der Waals surface area contributed by atoms with Crippen molar-refractivity contribution in [2.24, 2.45) is 0 Å². The van der Waals surface area contributed by atoms with Crippen molar-refractivity contribution in [1.82, 2.24) is 4.48 Å². The van der Waals surface area contributed by atoms with Gasteiger partial charge in [0.05, 0.1) is 10.4 Å². The lowest BCUT2D eigenvalue weighted by molar-refractivity contribution is 0.669. The van der Waals surface area contributed by atoms with E-state index in [1.165, 1.54) is 80.5 Å². The van der Waals surface area contributed by atoms with Crippen LogP contribution in [0.25, 0.3) is 108 Å². The predicted molar refractivity (Wildman–Crippen MR) is 245 cm³/mol. The summed E-state index contributed by atoms with van der Waals surface area (Å²) < 4.78 is 18.4. The van der Waals surface area contributed by atoms with E-state index in [1.807, 2.05) is 17.4 Å². The van der Waals surface area contributed by atoms with Crippen LogP contribution < -0.4 is 15.8 Å². The maximum atomic E-state index is 6.73. The summed E-state index contributed by atoms with van der Waals surface area (Å²) in [5.74, 6) is 0. The first-order chi connectivity index (χ1) is 28.8. The summed E-state index contributed by atoms with van der Waals surface area (Å²) in [6.07, 6.45) is 0. The Morgan fingerprint density at radius 3 is 2.05 bits per heavy atom. The van der Waals surface area contributed by atoms with Crippen molar-refractivity contribution >= 4 is 143 Å². The highest BCUT2D eigenvalue weighted by Gasteiger charge is 2.44. The Bertz CT molecular complexity index is 4020. The molecule has 4 nitrogen and oxygen atoms in total. The molecule has 0 saturated heterocycles. The molecule has 0 spiro atoms. The highest BCUT2D eigenvalue weighted by atomic mass is 32.1. The molecule has 0 fully saturated rings. The van der Waals surface area contributed by atoms with Crippen molar-refractivity contribution in [2.45, 2.75) is 0 Å². The van der Waals surface area contributed by atoms with Crippen molar-refractivity contribution in [3.05, 3.63) is 164 Å². The Balaban J connectivity index is 1.17. The van der Waals surface area contributed by atoms with Crippen molar-refractivity contribution in [3.63, 3.8) is 0 Å². The van der Waals surface area contributed by atoms with E-state index in [-0.39, 0.29) is 6.85 Å². The van der Waals surface area contributed by atoms with Gasteiger partial charge in [-0.2, -0.15) is 0 Å². The van der Waals surface area contributed by atoms with Crippen molar-refractivity contribution in [2.75, 3.05) is 4.90 Å². The molecule has 13 aromatic rings. The van der Waals surface area contributed by atoms with Crippen LogP contribution >= 0.6 is 11.3 Å². The average Bonchev–Trinajstić information content (AvgIpc) is 4.03. The number of anilines is 3. The Morgan fingerprint density at radius 1 is 0.483 bits per heavy atom. The smallest absolute Gasteiger partial charge is 0.333 e. The fourth-order valence-corrected chi connectivity index (χ4v) is 12.0. The van der Waals surface area contributed by atoms with Crippen molar-refractivity contribution in [3.8, 4) is 11.1 Å². The van der Waals surface area contributed by atoms with E-state index in [2.05, 4.69) is 167 Å². The van der Waals surface area contributed by atoms with Crippen LogP contribution in [0.3, 0.4) is 0 Å². The molecule has 0 N–H and O–H groups in total. The molecule has 58 heavy (non-hydrogen) atoms. The molecule has 266 valence electrons. The molecule has 0 amide bonds. The minimum atomic E-state index is -0.113. The molecular formula is C52H27BN2O2S. The summed E-state index contributed by atoms with van der Waals surface area (Å²) in [4.78, 5) is 2.57. The quantitative estimate of drug-likeness (QED) is 0.157. The van der Waals surface area contributed by atoms with Crippen LogP contribution in [0.1, 0.15) is 0 Å². The summed E-state index contributed by atoms with van der Waals surface area (Å²) >= 11 is 1.90. The number of rotatable bonds is 1. The normalized spacial score (nSPS) is 13.4. The number of fused-ring (bicyclic) bond motifs is 19. The minimum Gasteiger partial charge on any atom is -0.456 e. The molecule has 2 aliphatic rings. The Kier molecular flexibility index (Phi) is 5.35. The Hall–Kier alpha value is -7.28. The summed E-state index contributed by atoms with van der Waals surface area (Å²) in [5.41, 5.74) is 14.7. The molecule has 0 unspecified atom stereocenters. The number of aromatic nitrogens is 1. The second-order valence-electron chi connectivity index (χ2n) is 15.9. The fraction of sp³-hybridized carbons (Fsp3) is 0. The monoisotopic (exact) mass is 754 g/mol. The van der Waals surface area contributed by atoms with Crippen LogP contribution in [-0.4, -0.2) is 11.3 Å². The Labute approximate surface area is 334 Å². The van der Waals surface area contributed by atoms with Crippen LogP contribution in [0, 0.1) is 0 Å². The van der Waals surface area contributed by atoms with Crippen LogP contribution in [0.15, 0.2) is 173 Å². The third-order valence-corrected chi connectivity index (χ3v) is 14.3. The lowest BCUT2D eigenvalue weighted by Gasteiger charge is -2.40. The molecule has 0 radical (unpaired) electrons. The van der Waals surface area contributed by atoms with Gasteiger partial charge in [0.2, 0.25) is 0 Å². The van der Waals surface area contributed by atoms with E-state index >= 15 is 0 Å². The third kappa shape index (κ3) is 3.55. The second kappa shape index (κ2) is 10.4. The van der Waals surface area contributed by atoms with Gasteiger partial charge in [0.25, 0.3) is 0 Å². The minimum absolute atomic E-state index is 0.113. The fourth-order valence-electron chi connectivity index (χ4n) is 10.8. The standard InChI is InChI=1S/C52H27BN2O2S/c1-2-11-30-28(10-1)20-22-41-48(30)35-16-9-15-34-38-25-39-33-14-5-8-19-47(33)58-52(39)51-49(38)53(55(41)50(34)35)40-27-46-37(32-13-4-7-18-44(32)57-46)26-42(40)54(51)29-21-23-45-36(24-29)31-12-3-6-17-43(31)56-45/h1-27H. The molecule has 2 aliphatic heterocycles. The highest BCUT2D eigenvalue weighted by molar-refractivity contribution is 7.26. The molecule has 0 atom stereocenters. The van der Waals surface area contributed by atoms with Crippen LogP contribution in [0.2, 0.25) is 0 Å². The van der Waals surface area contributed by atoms with Crippen LogP contribution in [0.5, 0.6) is 0 Å². The zero-order chi connectivity index (χ0) is 37.4. The maximum Gasteiger partial charge on any atom is 0.333 e. The maximum absolute atomic E-state index is 6.73. The van der Waals surface area contributed by atoms with Crippen molar-refractivity contribution in [1.29, 1.82) is 0 Å². The molecule has 6 heterocycles. The SMILES string of the molecule is c1ccc2c(c1)ccc1c2c2cccc3c2n1B1c2cc4oc5ccccc5c4cc2N(c2ccc4oc5ccccc5c4c2)c2c1c-3cc1c2sc2ccccc21. The zero-order valence-corrected chi connectivity index (χ0v) is 31.6. The van der Waals surface area contributed by atoms with E-state index in [1.54, 1.807) is 0 Å². The van der Waals surface area contributed by atoms with Gasteiger partial charge in [0.1, 0.15) is 22.3 Å². The summed E-state index contributed by atoms with van der Waals surface area (Å²) in [6.45, 7) is -0.113. The molecule has 4 aromatic heterocycles. The number of hydrogen-bond donors (Lipinski definition) is 0. The van der Waals surface area contributed by atoms with Gasteiger partial charge in [-0.3, -0.25) is 0 Å². The van der Waals surface area contributed by atoms with Gasteiger partial charge >= 0.3 is 6.85 Å². The molecule has 0 aliphatic carbocycles. The lowest BCUT2D eigenvalue weighted by Crippen LogP contribution is -2.56. The van der Waals surface area contributed by atoms with Gasteiger partial charge < -0.3 is 18.2 Å². The topological polar surface area (TPSA) is 34.5 Å². The summed E-state index contributed by atoms with van der Waals surface area (Å²) in [6, 6.07) is 60.2. The number of para-hydroxylation sites is 3. The lowest BCUT2D eigenvalue weighted by atomic mass is 9.45. The number of hydrogen-bond acceptors (Lipinski definition) is 4. The molecule has 9 aromatic carbocycles. The van der Waals surface area contributed by atoms with E-state index in [0.717, 1.165) is 55.3 Å². The molecule has 0 bridgehead atoms. The predicted octanol–water partition coefficient (Wildman–Crippen LogP) is 13.5. The van der Waals surface area contributed by atoms with Crippen molar-refractivity contribution < 1.29 is 8.83 Å². The first-order valence-corrected chi connectivity index (χ1v) is 20.7. The molecule has 6 heteroatoms. The number of nitrogens with zero attached hydrogens (tertiary/aromatic N) is 2. The van der Waals surface area contributed by atoms with E-state index in [9.17, 15) is 0 Å². The first kappa shape index (κ1) is 29.9. The van der Waals surface area contributed by atoms with Gasteiger partial charge in [-0.15, -0.1) is 11.3 Å². The van der Waals surface area contributed by atoms with Gasteiger partial charge in [-0.05, 0) is 87.9 Å². The number of benzene rings is 9. The van der Waals surface area contributed by atoms with Gasteiger partial charge in [-0.25, -0.2) is 0 Å². The number of furan rings is 2. The zero-order valence-electron chi connectivity index (χ0n) is 30.8. The highest BCUT2D eigenvalue weighted by Crippen LogP contribution is 2.52. The molecule has 0 saturated carbocycles. The van der Waals surface area contributed by atoms with Gasteiger partial charge in [0.15, 0.2) is 0 Å². The van der Waals surface area contributed by atoms with E-state index in [0.29, 0.717) is 0 Å².